The fourth-order valence-electron chi connectivity index (χ4n) is 3.12. The van der Waals surface area contributed by atoms with Gasteiger partial charge in [-0.2, -0.15) is 0 Å². The van der Waals surface area contributed by atoms with E-state index < -0.39 is 0 Å². The van der Waals surface area contributed by atoms with E-state index in [0.29, 0.717) is 0 Å². The van der Waals surface area contributed by atoms with E-state index in [9.17, 15) is 4.79 Å². The summed E-state index contributed by atoms with van der Waals surface area (Å²) in [6, 6.07) is 18.5. The Bertz CT molecular complexity index is 710. The quantitative estimate of drug-likeness (QED) is 0.731. The molecule has 1 amide bonds. The molecule has 0 aliphatic carbocycles. The molecule has 134 valence electrons. The molecule has 2 aromatic rings. The number of hydrogen-bond donors (Lipinski definition) is 1. The summed E-state index contributed by atoms with van der Waals surface area (Å²) in [5.74, 6) is -0.0154. The molecule has 25 heavy (non-hydrogen) atoms. The summed E-state index contributed by atoms with van der Waals surface area (Å²) in [6.45, 7) is 12.9. The maximum atomic E-state index is 12.9. The summed E-state index contributed by atoms with van der Waals surface area (Å²) < 4.78 is 0. The van der Waals surface area contributed by atoms with Gasteiger partial charge in [-0.05, 0) is 34.4 Å². The average Bonchev–Trinajstić information content (AvgIpc) is 2.54. The lowest BCUT2D eigenvalue weighted by Crippen LogP contribution is -2.35. The number of benzene rings is 2. The molecule has 2 aromatic carbocycles. The van der Waals surface area contributed by atoms with Crippen LogP contribution in [0.1, 0.15) is 52.7 Å². The summed E-state index contributed by atoms with van der Waals surface area (Å²) >= 11 is 0. The van der Waals surface area contributed by atoms with E-state index in [4.69, 9.17) is 0 Å². The molecule has 0 fully saturated rings. The molecule has 2 heteroatoms. The van der Waals surface area contributed by atoms with E-state index in [-0.39, 0.29) is 22.7 Å². The molecule has 0 saturated heterocycles. The number of carbonyl (C=O) groups is 1. The fourth-order valence-corrected chi connectivity index (χ4v) is 3.12. The van der Waals surface area contributed by atoms with Gasteiger partial charge in [0, 0.05) is 11.6 Å². The predicted molar refractivity (Wildman–Crippen MR) is 107 cm³/mol. The van der Waals surface area contributed by atoms with E-state index in [0.717, 1.165) is 17.7 Å². The third kappa shape index (κ3) is 4.94. The van der Waals surface area contributed by atoms with E-state index >= 15 is 0 Å². The molecular weight excluding hydrogens is 306 g/mol. The van der Waals surface area contributed by atoms with Crippen molar-refractivity contribution in [2.75, 3.05) is 5.32 Å². The highest BCUT2D eigenvalue weighted by molar-refractivity contribution is 5.93. The van der Waals surface area contributed by atoms with Gasteiger partial charge in [0.2, 0.25) is 5.91 Å². The summed E-state index contributed by atoms with van der Waals surface area (Å²) in [6.07, 6.45) is 0.878. The Balaban J connectivity index is 2.15. The SMILES string of the molecule is CC(C(=O)Nc1ccccc1C(C)(C)C)C(C)(C)Cc1ccccc1. The first-order chi connectivity index (χ1) is 11.6. The predicted octanol–water partition coefficient (Wildman–Crippen LogP) is 5.83. The van der Waals surface area contributed by atoms with Gasteiger partial charge in [0.15, 0.2) is 0 Å². The van der Waals surface area contributed by atoms with Crippen LogP contribution in [0.15, 0.2) is 54.6 Å². The lowest BCUT2D eigenvalue weighted by atomic mass is 9.74. The second-order valence-corrected chi connectivity index (χ2v) is 8.66. The van der Waals surface area contributed by atoms with Crippen molar-refractivity contribution < 1.29 is 4.79 Å². The second-order valence-electron chi connectivity index (χ2n) is 8.66. The van der Waals surface area contributed by atoms with Crippen LogP contribution in [0.2, 0.25) is 0 Å². The van der Waals surface area contributed by atoms with Crippen LogP contribution in [0.25, 0.3) is 0 Å². The van der Waals surface area contributed by atoms with Gasteiger partial charge in [0.05, 0.1) is 0 Å². The molecule has 0 heterocycles. The number of para-hydroxylation sites is 1. The Labute approximate surface area is 152 Å². The van der Waals surface area contributed by atoms with Crippen molar-refractivity contribution in [2.24, 2.45) is 11.3 Å². The number of carbonyl (C=O) groups excluding carboxylic acids is 1. The van der Waals surface area contributed by atoms with Gasteiger partial charge in [-0.1, -0.05) is 90.1 Å². The van der Waals surface area contributed by atoms with Crippen LogP contribution in [-0.2, 0) is 16.6 Å². The molecule has 0 aliphatic heterocycles. The normalized spacial score (nSPS) is 13.4. The molecule has 0 bridgehead atoms. The van der Waals surface area contributed by atoms with Crippen LogP contribution in [0.5, 0.6) is 0 Å². The van der Waals surface area contributed by atoms with Gasteiger partial charge in [0.25, 0.3) is 0 Å². The largest absolute Gasteiger partial charge is 0.326 e. The van der Waals surface area contributed by atoms with Crippen molar-refractivity contribution in [1.82, 2.24) is 0 Å². The van der Waals surface area contributed by atoms with Crippen molar-refractivity contribution in [1.29, 1.82) is 0 Å². The van der Waals surface area contributed by atoms with Crippen molar-refractivity contribution >= 4 is 11.6 Å². The summed E-state index contributed by atoms with van der Waals surface area (Å²) in [5.41, 5.74) is 3.22. The van der Waals surface area contributed by atoms with Crippen molar-refractivity contribution in [3.63, 3.8) is 0 Å². The Morgan fingerprint density at radius 2 is 1.48 bits per heavy atom. The minimum absolute atomic E-state index is 0.00727. The first-order valence-corrected chi connectivity index (χ1v) is 9.05. The van der Waals surface area contributed by atoms with Crippen LogP contribution < -0.4 is 5.32 Å². The van der Waals surface area contributed by atoms with Crippen LogP contribution in [0, 0.1) is 11.3 Å². The molecule has 1 unspecified atom stereocenters. The molecule has 0 radical (unpaired) electrons. The number of hydrogen-bond acceptors (Lipinski definition) is 1. The molecular formula is C23H31NO. The van der Waals surface area contributed by atoms with Gasteiger partial charge in [-0.25, -0.2) is 0 Å². The Morgan fingerprint density at radius 3 is 2.08 bits per heavy atom. The molecule has 0 aromatic heterocycles. The third-order valence-electron chi connectivity index (χ3n) is 5.06. The first-order valence-electron chi connectivity index (χ1n) is 9.05. The monoisotopic (exact) mass is 337 g/mol. The van der Waals surface area contributed by atoms with Crippen molar-refractivity contribution in [3.8, 4) is 0 Å². The minimum atomic E-state index is -0.123. The number of anilines is 1. The van der Waals surface area contributed by atoms with Gasteiger partial charge in [-0.3, -0.25) is 4.79 Å². The zero-order chi connectivity index (χ0) is 18.7. The topological polar surface area (TPSA) is 29.1 Å². The van der Waals surface area contributed by atoms with E-state index in [1.165, 1.54) is 5.56 Å². The summed E-state index contributed by atoms with van der Waals surface area (Å²) in [4.78, 5) is 12.9. The van der Waals surface area contributed by atoms with Crippen LogP contribution in [-0.4, -0.2) is 5.91 Å². The number of nitrogens with one attached hydrogen (secondary N) is 1. The molecule has 1 N–H and O–H groups in total. The highest BCUT2D eigenvalue weighted by Gasteiger charge is 2.32. The minimum Gasteiger partial charge on any atom is -0.326 e. The summed E-state index contributed by atoms with van der Waals surface area (Å²) in [5, 5.41) is 3.17. The van der Waals surface area contributed by atoms with Gasteiger partial charge in [0.1, 0.15) is 0 Å². The lowest BCUT2D eigenvalue weighted by Gasteiger charge is -2.32. The maximum Gasteiger partial charge on any atom is 0.227 e. The molecule has 0 aliphatic rings. The zero-order valence-electron chi connectivity index (χ0n) is 16.4. The maximum absolute atomic E-state index is 12.9. The zero-order valence-corrected chi connectivity index (χ0v) is 16.4. The van der Waals surface area contributed by atoms with Crippen LogP contribution in [0.4, 0.5) is 5.69 Å². The van der Waals surface area contributed by atoms with E-state index in [2.05, 4.69) is 70.3 Å². The third-order valence-corrected chi connectivity index (χ3v) is 5.06. The van der Waals surface area contributed by atoms with Crippen molar-refractivity contribution in [3.05, 3.63) is 65.7 Å². The molecule has 2 rings (SSSR count). The molecule has 0 spiro atoms. The Morgan fingerprint density at radius 1 is 0.920 bits per heavy atom. The van der Waals surface area contributed by atoms with E-state index in [1.807, 2.05) is 31.2 Å². The molecule has 1 atom stereocenters. The second kappa shape index (κ2) is 7.43. The molecule has 0 saturated carbocycles. The summed E-state index contributed by atoms with van der Waals surface area (Å²) in [7, 11) is 0. The highest BCUT2D eigenvalue weighted by Crippen LogP contribution is 2.34. The smallest absolute Gasteiger partial charge is 0.227 e. The standard InChI is InChI=1S/C23H31NO/c1-17(23(5,6)16-18-12-8-7-9-13-18)21(25)24-20-15-11-10-14-19(20)22(2,3)4/h7-15,17H,16H2,1-6H3,(H,24,25). The Hall–Kier alpha value is -2.09. The first kappa shape index (κ1) is 19.2. The lowest BCUT2D eigenvalue weighted by molar-refractivity contribution is -0.122. The molecule has 2 nitrogen and oxygen atoms in total. The van der Waals surface area contributed by atoms with Gasteiger partial charge >= 0.3 is 0 Å². The van der Waals surface area contributed by atoms with Gasteiger partial charge in [-0.15, -0.1) is 0 Å². The number of amides is 1. The van der Waals surface area contributed by atoms with Crippen LogP contribution >= 0.6 is 0 Å². The van der Waals surface area contributed by atoms with Gasteiger partial charge < -0.3 is 5.32 Å². The van der Waals surface area contributed by atoms with Crippen molar-refractivity contribution in [2.45, 2.75) is 53.4 Å². The number of rotatable bonds is 5. The highest BCUT2D eigenvalue weighted by atomic mass is 16.1. The van der Waals surface area contributed by atoms with Crippen LogP contribution in [0.3, 0.4) is 0 Å². The average molecular weight is 338 g/mol. The fraction of sp³-hybridized carbons (Fsp3) is 0.435. The van der Waals surface area contributed by atoms with E-state index in [1.54, 1.807) is 0 Å². The Kier molecular flexibility index (Phi) is 5.72.